The van der Waals surface area contributed by atoms with Crippen molar-refractivity contribution in [3.8, 4) is 16.9 Å². The molecular formula is C15H14BrClO. The molecule has 0 aliphatic rings. The van der Waals surface area contributed by atoms with Crippen LogP contribution in [-0.4, -0.2) is 11.9 Å². The molecule has 0 atom stereocenters. The van der Waals surface area contributed by atoms with Crippen LogP contribution in [0, 0.1) is 6.92 Å². The largest absolute Gasteiger partial charge is 0.492 e. The van der Waals surface area contributed by atoms with E-state index in [0.717, 1.165) is 32.8 Å². The Balaban J connectivity index is 2.46. The second-order valence-electron chi connectivity index (χ2n) is 4.00. The maximum atomic E-state index is 6.04. The van der Waals surface area contributed by atoms with E-state index < -0.39 is 0 Å². The fourth-order valence-electron chi connectivity index (χ4n) is 1.87. The zero-order valence-electron chi connectivity index (χ0n) is 10.1. The van der Waals surface area contributed by atoms with Crippen molar-refractivity contribution in [1.82, 2.24) is 0 Å². The summed E-state index contributed by atoms with van der Waals surface area (Å²) >= 11 is 9.42. The van der Waals surface area contributed by atoms with Gasteiger partial charge >= 0.3 is 0 Å². The first-order valence-electron chi connectivity index (χ1n) is 5.76. The number of ether oxygens (including phenoxy) is 1. The monoisotopic (exact) mass is 324 g/mol. The molecular weight excluding hydrogens is 312 g/mol. The molecule has 0 amide bonds. The van der Waals surface area contributed by atoms with Crippen molar-refractivity contribution in [1.29, 1.82) is 0 Å². The molecule has 0 aromatic heterocycles. The Labute approximate surface area is 121 Å². The molecule has 0 aliphatic carbocycles. The first-order valence-corrected chi connectivity index (χ1v) is 7.26. The Morgan fingerprint density at radius 3 is 2.67 bits per heavy atom. The van der Waals surface area contributed by atoms with Crippen LogP contribution in [0.2, 0.25) is 5.02 Å². The molecule has 0 fully saturated rings. The van der Waals surface area contributed by atoms with Crippen molar-refractivity contribution in [3.05, 3.63) is 53.1 Å². The third-order valence-corrected chi connectivity index (χ3v) is 3.23. The van der Waals surface area contributed by atoms with Crippen LogP contribution in [-0.2, 0) is 0 Å². The Morgan fingerprint density at radius 1 is 1.17 bits per heavy atom. The highest BCUT2D eigenvalue weighted by Gasteiger charge is 2.09. The molecule has 2 aromatic rings. The van der Waals surface area contributed by atoms with Gasteiger partial charge in [-0.1, -0.05) is 57.9 Å². The van der Waals surface area contributed by atoms with Crippen LogP contribution in [0.1, 0.15) is 5.56 Å². The van der Waals surface area contributed by atoms with Crippen LogP contribution >= 0.6 is 27.5 Å². The molecule has 0 heterocycles. The highest BCUT2D eigenvalue weighted by Crippen LogP contribution is 2.34. The van der Waals surface area contributed by atoms with E-state index in [4.69, 9.17) is 16.3 Å². The van der Waals surface area contributed by atoms with Crippen LogP contribution in [0.3, 0.4) is 0 Å². The fraction of sp³-hybridized carbons (Fsp3) is 0.200. The molecule has 0 radical (unpaired) electrons. The number of para-hydroxylation sites is 1. The lowest BCUT2D eigenvalue weighted by molar-refractivity contribution is 0.344. The minimum atomic E-state index is 0.651. The van der Waals surface area contributed by atoms with E-state index in [1.165, 1.54) is 0 Å². The molecule has 0 saturated heterocycles. The van der Waals surface area contributed by atoms with Gasteiger partial charge in [-0.15, -0.1) is 0 Å². The fourth-order valence-corrected chi connectivity index (χ4v) is 2.22. The van der Waals surface area contributed by atoms with E-state index in [9.17, 15) is 0 Å². The van der Waals surface area contributed by atoms with Gasteiger partial charge in [0.1, 0.15) is 5.75 Å². The molecule has 1 nitrogen and oxygen atoms in total. The molecule has 18 heavy (non-hydrogen) atoms. The lowest BCUT2D eigenvalue weighted by Gasteiger charge is -2.13. The molecule has 2 rings (SSSR count). The molecule has 94 valence electrons. The predicted molar refractivity (Wildman–Crippen MR) is 80.9 cm³/mol. The number of alkyl halides is 1. The van der Waals surface area contributed by atoms with Gasteiger partial charge < -0.3 is 4.74 Å². The van der Waals surface area contributed by atoms with Crippen LogP contribution < -0.4 is 4.74 Å². The van der Waals surface area contributed by atoms with Gasteiger partial charge in [0.05, 0.1) is 6.61 Å². The van der Waals surface area contributed by atoms with Gasteiger partial charge in [-0.05, 0) is 30.2 Å². The standard InChI is InChI=1S/C15H14BrClO/c1-11-4-2-7-14(15(11)18-9-8-16)12-5-3-6-13(17)10-12/h2-7,10H,8-9H2,1H3. The van der Waals surface area contributed by atoms with Gasteiger partial charge in [0, 0.05) is 15.9 Å². The van der Waals surface area contributed by atoms with Crippen molar-refractivity contribution in [2.75, 3.05) is 11.9 Å². The van der Waals surface area contributed by atoms with Crippen molar-refractivity contribution in [2.24, 2.45) is 0 Å². The third kappa shape index (κ3) is 3.06. The van der Waals surface area contributed by atoms with Gasteiger partial charge in [-0.25, -0.2) is 0 Å². The van der Waals surface area contributed by atoms with Crippen molar-refractivity contribution in [2.45, 2.75) is 6.92 Å². The van der Waals surface area contributed by atoms with E-state index in [-0.39, 0.29) is 0 Å². The highest BCUT2D eigenvalue weighted by molar-refractivity contribution is 9.09. The zero-order valence-corrected chi connectivity index (χ0v) is 12.5. The second-order valence-corrected chi connectivity index (χ2v) is 5.23. The van der Waals surface area contributed by atoms with Crippen LogP contribution in [0.25, 0.3) is 11.1 Å². The second kappa shape index (κ2) is 6.26. The summed E-state index contributed by atoms with van der Waals surface area (Å²) in [6, 6.07) is 14.0. The molecule has 3 heteroatoms. The molecule has 2 aromatic carbocycles. The van der Waals surface area contributed by atoms with Crippen LogP contribution in [0.15, 0.2) is 42.5 Å². The summed E-state index contributed by atoms with van der Waals surface area (Å²) in [7, 11) is 0. The SMILES string of the molecule is Cc1cccc(-c2cccc(Cl)c2)c1OCCBr. The number of aryl methyl sites for hydroxylation is 1. The summed E-state index contributed by atoms with van der Waals surface area (Å²) in [4.78, 5) is 0. The number of hydrogen-bond acceptors (Lipinski definition) is 1. The quantitative estimate of drug-likeness (QED) is 0.712. The molecule has 0 saturated carbocycles. The van der Waals surface area contributed by atoms with Crippen LogP contribution in [0.4, 0.5) is 0 Å². The molecule has 0 bridgehead atoms. The molecule has 0 spiro atoms. The Kier molecular flexibility index (Phi) is 4.67. The van der Waals surface area contributed by atoms with E-state index in [1.807, 2.05) is 30.3 Å². The summed E-state index contributed by atoms with van der Waals surface area (Å²) in [6.07, 6.45) is 0. The minimum Gasteiger partial charge on any atom is -0.492 e. The summed E-state index contributed by atoms with van der Waals surface area (Å²) in [6.45, 7) is 2.70. The van der Waals surface area contributed by atoms with Gasteiger partial charge in [0.25, 0.3) is 0 Å². The van der Waals surface area contributed by atoms with Gasteiger partial charge in [0.15, 0.2) is 0 Å². The Morgan fingerprint density at radius 2 is 1.94 bits per heavy atom. The normalized spacial score (nSPS) is 10.4. The predicted octanol–water partition coefficient (Wildman–Crippen LogP) is 5.09. The first-order chi connectivity index (χ1) is 8.72. The van der Waals surface area contributed by atoms with Crippen molar-refractivity contribution in [3.63, 3.8) is 0 Å². The number of rotatable bonds is 4. The van der Waals surface area contributed by atoms with Gasteiger partial charge in [0.2, 0.25) is 0 Å². The maximum absolute atomic E-state index is 6.04. The third-order valence-electron chi connectivity index (χ3n) is 2.67. The van der Waals surface area contributed by atoms with Gasteiger partial charge in [-0.2, -0.15) is 0 Å². The van der Waals surface area contributed by atoms with E-state index in [2.05, 4.69) is 35.0 Å². The lowest BCUT2D eigenvalue weighted by Crippen LogP contribution is -2.01. The summed E-state index contributed by atoms with van der Waals surface area (Å²) in [5.41, 5.74) is 3.29. The van der Waals surface area contributed by atoms with Crippen molar-refractivity contribution >= 4 is 27.5 Å². The first kappa shape index (κ1) is 13.4. The number of hydrogen-bond donors (Lipinski definition) is 0. The molecule has 0 unspecified atom stereocenters. The van der Waals surface area contributed by atoms with E-state index in [0.29, 0.717) is 6.61 Å². The highest BCUT2D eigenvalue weighted by atomic mass is 79.9. The molecule has 0 aliphatic heterocycles. The smallest absolute Gasteiger partial charge is 0.130 e. The van der Waals surface area contributed by atoms with E-state index >= 15 is 0 Å². The number of benzene rings is 2. The summed E-state index contributed by atoms with van der Waals surface area (Å²) in [5, 5.41) is 1.55. The summed E-state index contributed by atoms with van der Waals surface area (Å²) < 4.78 is 5.82. The zero-order chi connectivity index (χ0) is 13.0. The maximum Gasteiger partial charge on any atom is 0.130 e. The summed E-state index contributed by atoms with van der Waals surface area (Å²) in [5.74, 6) is 0.930. The van der Waals surface area contributed by atoms with Crippen molar-refractivity contribution < 1.29 is 4.74 Å². The average molecular weight is 326 g/mol. The number of halogens is 2. The average Bonchev–Trinajstić information content (AvgIpc) is 2.37. The Bertz CT molecular complexity index is 540. The van der Waals surface area contributed by atoms with E-state index in [1.54, 1.807) is 0 Å². The van der Waals surface area contributed by atoms with Crippen LogP contribution in [0.5, 0.6) is 5.75 Å². The Hall–Kier alpha value is -0.990. The molecule has 0 N–H and O–H groups in total. The van der Waals surface area contributed by atoms with Gasteiger partial charge in [-0.3, -0.25) is 0 Å². The topological polar surface area (TPSA) is 9.23 Å². The lowest BCUT2D eigenvalue weighted by atomic mass is 10.0. The minimum absolute atomic E-state index is 0.651.